The molecule has 1 unspecified atom stereocenters. The van der Waals surface area contributed by atoms with Crippen molar-refractivity contribution < 1.29 is 4.74 Å². The van der Waals surface area contributed by atoms with Gasteiger partial charge in [0, 0.05) is 6.54 Å². The van der Waals surface area contributed by atoms with E-state index >= 15 is 0 Å². The van der Waals surface area contributed by atoms with E-state index in [2.05, 4.69) is 10.3 Å². The summed E-state index contributed by atoms with van der Waals surface area (Å²) in [4.78, 5) is 17.1. The molecule has 1 fully saturated rings. The molecule has 106 valence electrons. The van der Waals surface area contributed by atoms with E-state index in [-0.39, 0.29) is 16.9 Å². The molecule has 0 spiro atoms. The Morgan fingerprint density at radius 2 is 2.35 bits per heavy atom. The highest BCUT2D eigenvalue weighted by atomic mass is 35.5. The Labute approximate surface area is 121 Å². The van der Waals surface area contributed by atoms with Crippen molar-refractivity contribution in [2.24, 2.45) is 0 Å². The molecule has 5 nitrogen and oxygen atoms in total. The third-order valence-corrected chi connectivity index (χ3v) is 3.97. The van der Waals surface area contributed by atoms with Gasteiger partial charge in [-0.1, -0.05) is 6.07 Å². The second kappa shape index (κ2) is 5.42. The molecule has 20 heavy (non-hydrogen) atoms. The van der Waals surface area contributed by atoms with Crippen LogP contribution in [0.4, 0.5) is 0 Å². The standard InChI is InChI=1S/C14H16ClN3O2/c1-20-11-6-2-5-10-12(11)13(19)18(14(15)17-10)9-4-3-7-16-8-9/h2,5-6,9,16H,3-4,7-8H2,1H3. The summed E-state index contributed by atoms with van der Waals surface area (Å²) in [5.74, 6) is 0.536. The maximum atomic E-state index is 12.8. The number of aromatic nitrogens is 2. The number of hydrogen-bond donors (Lipinski definition) is 1. The summed E-state index contributed by atoms with van der Waals surface area (Å²) >= 11 is 6.22. The average molecular weight is 294 g/mol. The SMILES string of the molecule is COc1cccc2nc(Cl)n(C3CCCNC3)c(=O)c12. The van der Waals surface area contributed by atoms with E-state index in [1.807, 2.05) is 0 Å². The normalized spacial score (nSPS) is 19.2. The van der Waals surface area contributed by atoms with Crippen molar-refractivity contribution in [3.63, 3.8) is 0 Å². The predicted molar refractivity (Wildman–Crippen MR) is 78.7 cm³/mol. The van der Waals surface area contributed by atoms with Crippen LogP contribution in [0.5, 0.6) is 5.75 Å². The average Bonchev–Trinajstić information content (AvgIpc) is 2.47. The second-order valence-corrected chi connectivity index (χ2v) is 5.25. The van der Waals surface area contributed by atoms with Crippen LogP contribution in [0.1, 0.15) is 18.9 Å². The number of fused-ring (bicyclic) bond motifs is 1. The van der Waals surface area contributed by atoms with Gasteiger partial charge in [-0.15, -0.1) is 0 Å². The zero-order valence-corrected chi connectivity index (χ0v) is 12.0. The van der Waals surface area contributed by atoms with E-state index in [4.69, 9.17) is 16.3 Å². The summed E-state index contributed by atoms with van der Waals surface area (Å²) in [6.45, 7) is 1.72. The minimum Gasteiger partial charge on any atom is -0.496 e. The van der Waals surface area contributed by atoms with Gasteiger partial charge in [-0.2, -0.15) is 0 Å². The molecule has 0 aliphatic carbocycles. The van der Waals surface area contributed by atoms with Crippen LogP contribution >= 0.6 is 11.6 Å². The molecule has 2 aromatic rings. The van der Waals surface area contributed by atoms with Crippen molar-refractivity contribution in [3.05, 3.63) is 33.8 Å². The number of rotatable bonds is 2. The molecule has 0 bridgehead atoms. The van der Waals surface area contributed by atoms with Crippen molar-refractivity contribution in [2.75, 3.05) is 20.2 Å². The highest BCUT2D eigenvalue weighted by Crippen LogP contribution is 2.25. The highest BCUT2D eigenvalue weighted by molar-refractivity contribution is 6.28. The fourth-order valence-electron chi connectivity index (χ4n) is 2.73. The van der Waals surface area contributed by atoms with Crippen molar-refractivity contribution in [3.8, 4) is 5.75 Å². The first-order valence-electron chi connectivity index (χ1n) is 6.68. The fourth-order valence-corrected chi connectivity index (χ4v) is 3.03. The second-order valence-electron chi connectivity index (χ2n) is 4.91. The Hall–Kier alpha value is -1.59. The lowest BCUT2D eigenvalue weighted by Crippen LogP contribution is -2.37. The molecule has 1 saturated heterocycles. The molecule has 2 heterocycles. The lowest BCUT2D eigenvalue weighted by atomic mass is 10.1. The minimum atomic E-state index is -0.133. The van der Waals surface area contributed by atoms with E-state index in [0.717, 1.165) is 25.9 Å². The van der Waals surface area contributed by atoms with E-state index in [9.17, 15) is 4.79 Å². The summed E-state index contributed by atoms with van der Waals surface area (Å²) in [7, 11) is 1.55. The van der Waals surface area contributed by atoms with Crippen LogP contribution in [0, 0.1) is 0 Å². The van der Waals surface area contributed by atoms with Crippen LogP contribution in [0.3, 0.4) is 0 Å². The lowest BCUT2D eigenvalue weighted by Gasteiger charge is -2.25. The highest BCUT2D eigenvalue weighted by Gasteiger charge is 2.21. The molecule has 1 aromatic heterocycles. The predicted octanol–water partition coefficient (Wildman–Crippen LogP) is 1.98. The van der Waals surface area contributed by atoms with Crippen molar-refractivity contribution in [1.82, 2.24) is 14.9 Å². The monoisotopic (exact) mass is 293 g/mol. The molecule has 1 aromatic carbocycles. The third kappa shape index (κ3) is 2.17. The minimum absolute atomic E-state index is 0.0468. The maximum absolute atomic E-state index is 12.8. The number of methoxy groups -OCH3 is 1. The zero-order chi connectivity index (χ0) is 14.1. The first-order chi connectivity index (χ1) is 9.72. The van der Waals surface area contributed by atoms with Gasteiger partial charge in [0.05, 0.1) is 18.7 Å². The molecule has 1 aliphatic heterocycles. The van der Waals surface area contributed by atoms with Gasteiger partial charge in [-0.25, -0.2) is 4.98 Å². The van der Waals surface area contributed by atoms with E-state index in [1.54, 1.807) is 29.9 Å². The molecule has 0 saturated carbocycles. The number of ether oxygens (including phenoxy) is 1. The van der Waals surface area contributed by atoms with Crippen LogP contribution in [0.15, 0.2) is 23.0 Å². The number of nitrogens with zero attached hydrogens (tertiary/aromatic N) is 2. The van der Waals surface area contributed by atoms with Gasteiger partial charge in [0.1, 0.15) is 11.1 Å². The summed E-state index contributed by atoms with van der Waals surface area (Å²) < 4.78 is 6.86. The Morgan fingerprint density at radius 3 is 3.05 bits per heavy atom. The number of hydrogen-bond acceptors (Lipinski definition) is 4. The number of benzene rings is 1. The lowest BCUT2D eigenvalue weighted by molar-refractivity contribution is 0.362. The third-order valence-electron chi connectivity index (χ3n) is 3.70. The van der Waals surface area contributed by atoms with Crippen LogP contribution in [-0.4, -0.2) is 29.8 Å². The first-order valence-corrected chi connectivity index (χ1v) is 7.05. The maximum Gasteiger partial charge on any atom is 0.266 e. The molecule has 1 atom stereocenters. The molecule has 1 N–H and O–H groups in total. The van der Waals surface area contributed by atoms with Crippen LogP contribution in [0.25, 0.3) is 10.9 Å². The molecule has 3 rings (SSSR count). The first kappa shape index (κ1) is 13.4. The Kier molecular flexibility index (Phi) is 3.63. The van der Waals surface area contributed by atoms with Crippen molar-refractivity contribution in [2.45, 2.75) is 18.9 Å². The molecule has 0 radical (unpaired) electrons. The van der Waals surface area contributed by atoms with Gasteiger partial charge in [0.25, 0.3) is 5.56 Å². The molecule has 0 amide bonds. The molecular weight excluding hydrogens is 278 g/mol. The van der Waals surface area contributed by atoms with Gasteiger partial charge >= 0.3 is 0 Å². The van der Waals surface area contributed by atoms with Crippen molar-refractivity contribution in [1.29, 1.82) is 0 Å². The smallest absolute Gasteiger partial charge is 0.266 e. The van der Waals surface area contributed by atoms with Gasteiger partial charge in [0.2, 0.25) is 5.28 Å². The number of halogens is 1. The zero-order valence-electron chi connectivity index (χ0n) is 11.2. The summed E-state index contributed by atoms with van der Waals surface area (Å²) in [5, 5.41) is 4.02. The summed E-state index contributed by atoms with van der Waals surface area (Å²) in [6.07, 6.45) is 1.95. The topological polar surface area (TPSA) is 56.1 Å². The molecular formula is C14H16ClN3O2. The Bertz CT molecular complexity index is 693. The largest absolute Gasteiger partial charge is 0.496 e. The van der Waals surface area contributed by atoms with Gasteiger partial charge in [-0.3, -0.25) is 9.36 Å². The summed E-state index contributed by atoms with van der Waals surface area (Å²) in [5.41, 5.74) is 0.436. The molecule has 6 heteroatoms. The van der Waals surface area contributed by atoms with Gasteiger partial charge < -0.3 is 10.1 Å². The van der Waals surface area contributed by atoms with Gasteiger partial charge in [0.15, 0.2) is 0 Å². The summed E-state index contributed by atoms with van der Waals surface area (Å²) in [6, 6.07) is 5.39. The van der Waals surface area contributed by atoms with Crippen LogP contribution in [0.2, 0.25) is 5.28 Å². The van der Waals surface area contributed by atoms with E-state index in [1.165, 1.54) is 0 Å². The van der Waals surface area contributed by atoms with E-state index < -0.39 is 0 Å². The number of piperidine rings is 1. The van der Waals surface area contributed by atoms with E-state index in [0.29, 0.717) is 16.7 Å². The van der Waals surface area contributed by atoms with Crippen molar-refractivity contribution >= 4 is 22.5 Å². The van der Waals surface area contributed by atoms with Crippen LogP contribution < -0.4 is 15.6 Å². The Balaban J connectivity index is 2.24. The van der Waals surface area contributed by atoms with Crippen LogP contribution in [-0.2, 0) is 0 Å². The quantitative estimate of drug-likeness (QED) is 0.860. The number of nitrogens with one attached hydrogen (secondary N) is 1. The fraction of sp³-hybridized carbons (Fsp3) is 0.429. The van der Waals surface area contributed by atoms with Gasteiger partial charge in [-0.05, 0) is 43.1 Å². The molecule has 1 aliphatic rings. The Morgan fingerprint density at radius 1 is 1.50 bits per heavy atom.